The maximum atomic E-state index is 12.6. The average molecular weight is 436 g/mol. The Balaban J connectivity index is 1.28. The number of nitrogens with one attached hydrogen (secondary N) is 2. The Hall–Kier alpha value is -3.19. The van der Waals surface area contributed by atoms with Crippen molar-refractivity contribution in [2.24, 2.45) is 0 Å². The molecule has 2 N–H and O–H groups in total. The van der Waals surface area contributed by atoms with Crippen LogP contribution in [0.3, 0.4) is 0 Å². The second-order valence-electron chi connectivity index (χ2n) is 7.91. The number of benzene rings is 2. The van der Waals surface area contributed by atoms with Crippen molar-refractivity contribution >= 4 is 21.6 Å². The summed E-state index contributed by atoms with van der Waals surface area (Å²) >= 11 is 0. The monoisotopic (exact) mass is 435 g/mol. The van der Waals surface area contributed by atoms with Gasteiger partial charge in [0, 0.05) is 24.6 Å². The first-order chi connectivity index (χ1) is 15.0. The van der Waals surface area contributed by atoms with E-state index >= 15 is 0 Å². The summed E-state index contributed by atoms with van der Waals surface area (Å²) in [6.45, 7) is 0.395. The predicted molar refractivity (Wildman–Crippen MR) is 121 cm³/mol. The van der Waals surface area contributed by atoms with Gasteiger partial charge in [-0.25, -0.2) is 13.2 Å². The Kier molecular flexibility index (Phi) is 6.32. The van der Waals surface area contributed by atoms with E-state index in [2.05, 4.69) is 15.6 Å². The Bertz CT molecular complexity index is 1120. The number of carbonyl (C=O) groups excluding carboxylic acids is 1. The van der Waals surface area contributed by atoms with Crippen molar-refractivity contribution in [3.05, 3.63) is 95.3 Å². The molecule has 2 amide bonds. The van der Waals surface area contributed by atoms with Crippen LogP contribution in [0, 0.1) is 0 Å². The molecule has 7 heteroatoms. The van der Waals surface area contributed by atoms with Crippen molar-refractivity contribution < 1.29 is 13.2 Å². The number of anilines is 1. The van der Waals surface area contributed by atoms with Crippen molar-refractivity contribution in [3.63, 3.8) is 0 Å². The van der Waals surface area contributed by atoms with Crippen LogP contribution in [0.25, 0.3) is 0 Å². The van der Waals surface area contributed by atoms with Crippen molar-refractivity contribution in [1.29, 1.82) is 0 Å². The van der Waals surface area contributed by atoms with E-state index in [1.807, 2.05) is 36.4 Å². The fraction of sp³-hybridized carbons (Fsp3) is 0.250. The Morgan fingerprint density at radius 3 is 2.00 bits per heavy atom. The molecule has 0 aliphatic heterocycles. The van der Waals surface area contributed by atoms with Gasteiger partial charge in [-0.1, -0.05) is 36.4 Å². The molecule has 1 heterocycles. The molecule has 4 rings (SSSR count). The molecule has 0 spiro atoms. The summed E-state index contributed by atoms with van der Waals surface area (Å²) in [5, 5.41) is 5.51. The fourth-order valence-corrected chi connectivity index (χ4v) is 4.91. The third kappa shape index (κ3) is 6.39. The lowest BCUT2D eigenvalue weighted by atomic mass is 10.1. The van der Waals surface area contributed by atoms with E-state index in [4.69, 9.17) is 0 Å². The van der Waals surface area contributed by atoms with Crippen molar-refractivity contribution in [2.75, 3.05) is 5.32 Å². The Labute approximate surface area is 182 Å². The number of hydrogen-bond acceptors (Lipinski definition) is 4. The maximum absolute atomic E-state index is 12.6. The van der Waals surface area contributed by atoms with Gasteiger partial charge in [0.1, 0.15) is 0 Å². The van der Waals surface area contributed by atoms with E-state index in [-0.39, 0.29) is 17.5 Å². The third-order valence-electron chi connectivity index (χ3n) is 5.22. The highest BCUT2D eigenvalue weighted by atomic mass is 32.2. The number of nitrogens with zero attached hydrogens (tertiary/aromatic N) is 1. The molecule has 3 aromatic rings. The van der Waals surface area contributed by atoms with E-state index in [0.717, 1.165) is 11.1 Å². The summed E-state index contributed by atoms with van der Waals surface area (Å²) < 4.78 is 25.2. The minimum atomic E-state index is -3.29. The van der Waals surface area contributed by atoms with Crippen molar-refractivity contribution in [1.82, 2.24) is 10.3 Å². The molecule has 0 bridgehead atoms. The first-order valence-corrected chi connectivity index (χ1v) is 12.1. The highest BCUT2D eigenvalue weighted by Gasteiger charge is 2.23. The summed E-state index contributed by atoms with van der Waals surface area (Å²) in [5.74, 6) is 0.650. The molecule has 1 fully saturated rings. The van der Waals surface area contributed by atoms with Gasteiger partial charge < -0.3 is 10.6 Å². The maximum Gasteiger partial charge on any atom is 0.319 e. The molecule has 0 saturated heterocycles. The van der Waals surface area contributed by atoms with Crippen LogP contribution in [-0.4, -0.2) is 19.4 Å². The number of aromatic nitrogens is 1. The molecule has 6 nitrogen and oxygen atoms in total. The number of carbonyl (C=O) groups is 1. The van der Waals surface area contributed by atoms with E-state index in [1.165, 1.54) is 18.4 Å². The number of hydrogen-bond donors (Lipinski definition) is 2. The molecule has 0 atom stereocenters. The molecule has 160 valence electrons. The minimum absolute atomic E-state index is 0.0232. The second kappa shape index (κ2) is 9.31. The summed E-state index contributed by atoms with van der Waals surface area (Å²) in [7, 11) is -3.29. The lowest BCUT2D eigenvalue weighted by Gasteiger charge is -2.09. The predicted octanol–water partition coefficient (Wildman–Crippen LogP) is 4.40. The zero-order chi connectivity index (χ0) is 21.7. The molecule has 0 unspecified atom stereocenters. The van der Waals surface area contributed by atoms with Gasteiger partial charge in [-0.05, 0) is 65.3 Å². The van der Waals surface area contributed by atoms with Crippen molar-refractivity contribution in [3.8, 4) is 0 Å². The molecule has 2 aromatic carbocycles. The van der Waals surface area contributed by atoms with Crippen LogP contribution < -0.4 is 10.6 Å². The SMILES string of the molecule is O=C(NCc1ccncc1)Nc1ccc(CS(=O)(=O)Cc2ccc(C3CC3)cc2)cc1. The van der Waals surface area contributed by atoms with Crippen LogP contribution in [0.15, 0.2) is 73.1 Å². The van der Waals surface area contributed by atoms with Crippen molar-refractivity contribution in [2.45, 2.75) is 36.8 Å². The quantitative estimate of drug-likeness (QED) is 0.549. The molecular formula is C24H25N3O3S. The standard InChI is InChI=1S/C24H25N3O3S/c28-24(26-15-18-11-13-25-14-12-18)27-23-9-3-20(4-10-23)17-31(29,30)16-19-1-5-21(6-2-19)22-7-8-22/h1-6,9-14,22H,7-8,15-17H2,(H2,26,27,28). The molecule has 1 aliphatic rings. The highest BCUT2D eigenvalue weighted by molar-refractivity contribution is 7.89. The van der Waals surface area contributed by atoms with E-state index in [0.29, 0.717) is 23.7 Å². The first kappa shape index (κ1) is 21.1. The van der Waals surface area contributed by atoms with Crippen LogP contribution in [0.1, 0.15) is 41.0 Å². The van der Waals surface area contributed by atoms with Crippen LogP contribution >= 0.6 is 0 Å². The third-order valence-corrected chi connectivity index (χ3v) is 6.76. The second-order valence-corrected chi connectivity index (χ2v) is 9.97. The topological polar surface area (TPSA) is 88.2 Å². The van der Waals surface area contributed by atoms with Gasteiger partial charge in [0.15, 0.2) is 9.84 Å². The van der Waals surface area contributed by atoms with Crippen LogP contribution in [0.2, 0.25) is 0 Å². The smallest absolute Gasteiger partial charge is 0.319 e. The number of rotatable bonds is 8. The first-order valence-electron chi connectivity index (χ1n) is 10.3. The molecule has 1 aliphatic carbocycles. The normalized spacial score (nSPS) is 13.5. The number of sulfone groups is 1. The number of amides is 2. The average Bonchev–Trinajstić information content (AvgIpc) is 3.60. The number of urea groups is 1. The molecule has 0 radical (unpaired) electrons. The molecule has 1 aromatic heterocycles. The van der Waals surface area contributed by atoms with Gasteiger partial charge in [0.05, 0.1) is 11.5 Å². The Morgan fingerprint density at radius 1 is 0.839 bits per heavy atom. The van der Waals surface area contributed by atoms with Gasteiger partial charge in [0.2, 0.25) is 0 Å². The lowest BCUT2D eigenvalue weighted by Crippen LogP contribution is -2.28. The lowest BCUT2D eigenvalue weighted by molar-refractivity contribution is 0.251. The summed E-state index contributed by atoms with van der Waals surface area (Å²) in [6, 6.07) is 18.1. The van der Waals surface area contributed by atoms with Gasteiger partial charge in [-0.2, -0.15) is 0 Å². The largest absolute Gasteiger partial charge is 0.334 e. The molecular weight excluding hydrogens is 410 g/mol. The zero-order valence-electron chi connectivity index (χ0n) is 17.1. The molecule has 31 heavy (non-hydrogen) atoms. The fourth-order valence-electron chi connectivity index (χ4n) is 3.40. The van der Waals surface area contributed by atoms with Gasteiger partial charge in [-0.3, -0.25) is 4.98 Å². The summed E-state index contributed by atoms with van der Waals surface area (Å²) in [5.41, 5.74) is 4.36. The zero-order valence-corrected chi connectivity index (χ0v) is 17.9. The van der Waals surface area contributed by atoms with Gasteiger partial charge in [-0.15, -0.1) is 0 Å². The van der Waals surface area contributed by atoms with E-state index in [9.17, 15) is 13.2 Å². The van der Waals surface area contributed by atoms with Crippen LogP contribution in [-0.2, 0) is 27.9 Å². The minimum Gasteiger partial charge on any atom is -0.334 e. The summed E-state index contributed by atoms with van der Waals surface area (Å²) in [4.78, 5) is 16.0. The Morgan fingerprint density at radius 2 is 1.42 bits per heavy atom. The van der Waals surface area contributed by atoms with E-state index < -0.39 is 9.84 Å². The summed E-state index contributed by atoms with van der Waals surface area (Å²) in [6.07, 6.45) is 5.81. The van der Waals surface area contributed by atoms with Crippen LogP contribution in [0.5, 0.6) is 0 Å². The molecule has 1 saturated carbocycles. The number of pyridine rings is 1. The highest BCUT2D eigenvalue weighted by Crippen LogP contribution is 2.39. The van der Waals surface area contributed by atoms with Gasteiger partial charge >= 0.3 is 6.03 Å². The van der Waals surface area contributed by atoms with E-state index in [1.54, 1.807) is 36.7 Å². The van der Waals surface area contributed by atoms with Gasteiger partial charge in [0.25, 0.3) is 0 Å². The van der Waals surface area contributed by atoms with Crippen LogP contribution in [0.4, 0.5) is 10.5 Å².